The van der Waals surface area contributed by atoms with Crippen LogP contribution in [0.5, 0.6) is 5.75 Å². The van der Waals surface area contributed by atoms with E-state index in [-0.39, 0.29) is 0 Å². The van der Waals surface area contributed by atoms with Crippen LogP contribution in [0.4, 0.5) is 0 Å². The number of ether oxygens (including phenoxy) is 1. The Kier molecular flexibility index (Phi) is 5.63. The number of carbonyl (C=O) groups is 1. The molecule has 1 unspecified atom stereocenters. The average molecular weight is 286 g/mol. The molecule has 1 aromatic carbocycles. The highest BCUT2D eigenvalue weighted by atomic mass is 35.5. The Morgan fingerprint density at radius 3 is 2.74 bits per heavy atom. The molecular formula is C14H20ClNO3. The van der Waals surface area contributed by atoms with E-state index in [0.717, 1.165) is 12.0 Å². The van der Waals surface area contributed by atoms with Gasteiger partial charge in [-0.25, -0.2) is 0 Å². The minimum atomic E-state index is -0.959. The van der Waals surface area contributed by atoms with E-state index in [4.69, 9.17) is 16.3 Å². The number of nitrogens with one attached hydrogen (secondary N) is 1. The van der Waals surface area contributed by atoms with Crippen LogP contribution in [-0.2, 0) is 11.3 Å². The predicted octanol–water partition coefficient (Wildman–Crippen LogP) is 3.08. The quantitative estimate of drug-likeness (QED) is 0.808. The summed E-state index contributed by atoms with van der Waals surface area (Å²) < 4.78 is 5.24. The van der Waals surface area contributed by atoms with E-state index in [9.17, 15) is 9.90 Å². The number of methoxy groups -OCH3 is 1. The lowest BCUT2D eigenvalue weighted by Gasteiger charge is -2.26. The van der Waals surface area contributed by atoms with Gasteiger partial charge in [0.15, 0.2) is 0 Å². The van der Waals surface area contributed by atoms with Gasteiger partial charge >= 0.3 is 5.97 Å². The van der Waals surface area contributed by atoms with Gasteiger partial charge < -0.3 is 9.84 Å². The zero-order valence-electron chi connectivity index (χ0n) is 11.5. The number of carboxylic acid groups (broad SMARTS) is 1. The van der Waals surface area contributed by atoms with Crippen molar-refractivity contribution in [2.45, 2.75) is 38.8 Å². The lowest BCUT2D eigenvalue weighted by atomic mass is 9.96. The van der Waals surface area contributed by atoms with E-state index in [1.807, 2.05) is 6.92 Å². The fourth-order valence-corrected chi connectivity index (χ4v) is 2.19. The monoisotopic (exact) mass is 285 g/mol. The molecule has 0 bridgehead atoms. The minimum absolute atomic E-state index is 0.353. The molecule has 0 saturated carbocycles. The van der Waals surface area contributed by atoms with Gasteiger partial charge in [0.1, 0.15) is 11.3 Å². The van der Waals surface area contributed by atoms with E-state index in [1.54, 1.807) is 32.2 Å². The lowest BCUT2D eigenvalue weighted by Crippen LogP contribution is -2.49. The molecule has 1 atom stereocenters. The molecule has 0 heterocycles. The summed E-state index contributed by atoms with van der Waals surface area (Å²) in [5.41, 5.74) is -0.186. The lowest BCUT2D eigenvalue weighted by molar-refractivity contribution is -0.144. The second-order valence-electron chi connectivity index (χ2n) is 4.66. The van der Waals surface area contributed by atoms with Crippen LogP contribution in [0.3, 0.4) is 0 Å². The number of halogens is 1. The molecule has 0 aliphatic heterocycles. The van der Waals surface area contributed by atoms with Crippen LogP contribution in [0.15, 0.2) is 18.2 Å². The summed E-state index contributed by atoms with van der Waals surface area (Å²) >= 11 is 6.13. The zero-order chi connectivity index (χ0) is 14.5. The maximum Gasteiger partial charge on any atom is 0.323 e. The summed E-state index contributed by atoms with van der Waals surface area (Å²) in [5, 5.41) is 12.9. The van der Waals surface area contributed by atoms with E-state index in [0.29, 0.717) is 23.7 Å². The molecule has 1 rings (SSSR count). The van der Waals surface area contributed by atoms with Gasteiger partial charge in [-0.3, -0.25) is 10.1 Å². The van der Waals surface area contributed by atoms with E-state index >= 15 is 0 Å². The number of hydrogen-bond donors (Lipinski definition) is 2. The number of rotatable bonds is 7. The summed E-state index contributed by atoms with van der Waals surface area (Å²) in [5.74, 6) is -0.204. The Hall–Kier alpha value is -1.26. The summed E-state index contributed by atoms with van der Waals surface area (Å²) in [7, 11) is 1.57. The minimum Gasteiger partial charge on any atom is -0.496 e. The van der Waals surface area contributed by atoms with Gasteiger partial charge in [0, 0.05) is 17.1 Å². The smallest absolute Gasteiger partial charge is 0.323 e. The van der Waals surface area contributed by atoms with E-state index in [1.165, 1.54) is 0 Å². The fourth-order valence-electron chi connectivity index (χ4n) is 1.96. The normalized spacial score (nSPS) is 13.9. The zero-order valence-corrected chi connectivity index (χ0v) is 12.3. The molecule has 0 spiro atoms. The molecule has 2 N–H and O–H groups in total. The fraction of sp³-hybridized carbons (Fsp3) is 0.500. The third-order valence-corrected chi connectivity index (χ3v) is 3.53. The topological polar surface area (TPSA) is 58.6 Å². The van der Waals surface area contributed by atoms with Crippen LogP contribution in [0, 0.1) is 0 Å². The van der Waals surface area contributed by atoms with Gasteiger partial charge in [-0.05, 0) is 25.5 Å². The summed E-state index contributed by atoms with van der Waals surface area (Å²) in [6.45, 7) is 3.99. The maximum atomic E-state index is 11.3. The number of carboxylic acids is 1. The van der Waals surface area contributed by atoms with Crippen LogP contribution in [0.1, 0.15) is 32.3 Å². The molecule has 0 aliphatic rings. The van der Waals surface area contributed by atoms with Gasteiger partial charge in [0.2, 0.25) is 0 Å². The molecule has 0 amide bonds. The van der Waals surface area contributed by atoms with Gasteiger partial charge in [-0.2, -0.15) is 0 Å². The van der Waals surface area contributed by atoms with Crippen molar-refractivity contribution < 1.29 is 14.6 Å². The summed E-state index contributed by atoms with van der Waals surface area (Å²) in [6, 6.07) is 5.37. The molecule has 0 saturated heterocycles. The average Bonchev–Trinajstić information content (AvgIpc) is 2.37. The number of aliphatic carboxylic acids is 1. The molecule has 106 valence electrons. The molecular weight excluding hydrogens is 266 g/mol. The first kappa shape index (κ1) is 15.8. The Morgan fingerprint density at radius 2 is 2.21 bits per heavy atom. The Balaban J connectivity index is 2.88. The van der Waals surface area contributed by atoms with Crippen molar-refractivity contribution in [3.8, 4) is 5.75 Å². The summed E-state index contributed by atoms with van der Waals surface area (Å²) in [4.78, 5) is 11.3. The maximum absolute atomic E-state index is 11.3. The van der Waals surface area contributed by atoms with Gasteiger partial charge in [0.25, 0.3) is 0 Å². The van der Waals surface area contributed by atoms with Crippen LogP contribution < -0.4 is 10.1 Å². The van der Waals surface area contributed by atoms with Gasteiger partial charge in [-0.1, -0.05) is 31.0 Å². The van der Waals surface area contributed by atoms with Crippen molar-refractivity contribution in [3.05, 3.63) is 28.8 Å². The Labute approximate surface area is 118 Å². The molecule has 19 heavy (non-hydrogen) atoms. The van der Waals surface area contributed by atoms with Gasteiger partial charge in [0.05, 0.1) is 7.11 Å². The highest BCUT2D eigenvalue weighted by Gasteiger charge is 2.31. The second-order valence-corrected chi connectivity index (χ2v) is 5.07. The van der Waals surface area contributed by atoms with Crippen molar-refractivity contribution in [2.75, 3.05) is 7.11 Å². The van der Waals surface area contributed by atoms with Crippen molar-refractivity contribution in [1.29, 1.82) is 0 Å². The number of benzene rings is 1. The molecule has 0 radical (unpaired) electrons. The van der Waals surface area contributed by atoms with Crippen molar-refractivity contribution in [1.82, 2.24) is 5.32 Å². The van der Waals surface area contributed by atoms with E-state index < -0.39 is 11.5 Å². The van der Waals surface area contributed by atoms with Crippen molar-refractivity contribution in [3.63, 3.8) is 0 Å². The molecule has 0 aliphatic carbocycles. The van der Waals surface area contributed by atoms with Crippen LogP contribution in [-0.4, -0.2) is 23.7 Å². The van der Waals surface area contributed by atoms with Crippen LogP contribution in [0.25, 0.3) is 0 Å². The number of hydrogen-bond acceptors (Lipinski definition) is 3. The molecule has 5 heteroatoms. The van der Waals surface area contributed by atoms with Crippen LogP contribution in [0.2, 0.25) is 5.02 Å². The van der Waals surface area contributed by atoms with Crippen molar-refractivity contribution in [2.24, 2.45) is 0 Å². The third kappa shape index (κ3) is 3.85. The standard InChI is InChI=1S/C14H20ClNO3/c1-4-8-14(2,13(17)18)16-9-10-11(15)6-5-7-12(10)19-3/h5-7,16H,4,8-9H2,1-3H3,(H,17,18). The predicted molar refractivity (Wildman–Crippen MR) is 75.8 cm³/mol. The summed E-state index contributed by atoms with van der Waals surface area (Å²) in [6.07, 6.45) is 1.34. The Morgan fingerprint density at radius 1 is 1.53 bits per heavy atom. The first-order chi connectivity index (χ1) is 8.94. The second kappa shape index (κ2) is 6.78. The van der Waals surface area contributed by atoms with Crippen molar-refractivity contribution >= 4 is 17.6 Å². The molecule has 1 aromatic rings. The van der Waals surface area contributed by atoms with Crippen LogP contribution >= 0.6 is 11.6 Å². The highest BCUT2D eigenvalue weighted by molar-refractivity contribution is 6.31. The van der Waals surface area contributed by atoms with E-state index in [2.05, 4.69) is 5.32 Å². The third-order valence-electron chi connectivity index (χ3n) is 3.17. The first-order valence-corrected chi connectivity index (χ1v) is 6.62. The highest BCUT2D eigenvalue weighted by Crippen LogP contribution is 2.27. The largest absolute Gasteiger partial charge is 0.496 e. The molecule has 4 nitrogen and oxygen atoms in total. The first-order valence-electron chi connectivity index (χ1n) is 6.24. The Bertz CT molecular complexity index is 450. The SMILES string of the molecule is CCCC(C)(NCc1c(Cl)cccc1OC)C(=O)O. The van der Waals surface area contributed by atoms with Gasteiger partial charge in [-0.15, -0.1) is 0 Å². The molecule has 0 aromatic heterocycles. The molecule has 0 fully saturated rings.